The molecule has 0 saturated carbocycles. The molecule has 232 valence electrons. The highest BCUT2D eigenvalue weighted by Gasteiger charge is 2.25. The second-order valence-corrected chi connectivity index (χ2v) is 13.2. The van der Waals surface area contributed by atoms with Crippen molar-refractivity contribution in [3.63, 3.8) is 0 Å². The van der Waals surface area contributed by atoms with E-state index < -0.39 is 0 Å². The summed E-state index contributed by atoms with van der Waals surface area (Å²) in [5.41, 5.74) is 9.68. The van der Waals surface area contributed by atoms with Gasteiger partial charge in [-0.2, -0.15) is 0 Å². The van der Waals surface area contributed by atoms with Gasteiger partial charge in [-0.25, -0.2) is 0 Å². The third-order valence-corrected chi connectivity index (χ3v) is 10.6. The van der Waals surface area contributed by atoms with E-state index in [9.17, 15) is 0 Å². The van der Waals surface area contributed by atoms with Crippen LogP contribution in [0.1, 0.15) is 0 Å². The topological polar surface area (TPSA) is 9.86 Å². The van der Waals surface area contributed by atoms with Crippen LogP contribution in [-0.2, 0) is 0 Å². The predicted octanol–water partition coefficient (Wildman–Crippen LogP) is 13.0. The molecule has 2 heterocycles. The maximum absolute atomic E-state index is 2.50. The summed E-state index contributed by atoms with van der Waals surface area (Å²) >= 11 is 0. The van der Waals surface area contributed by atoms with E-state index in [0.29, 0.717) is 0 Å². The van der Waals surface area contributed by atoms with E-state index in [2.05, 4.69) is 191 Å². The minimum absolute atomic E-state index is 1.16. The van der Waals surface area contributed by atoms with Gasteiger partial charge < -0.3 is 9.13 Å². The molecule has 2 heteroatoms. The lowest BCUT2D eigenvalue weighted by Crippen LogP contribution is -1.97. The Labute approximate surface area is 288 Å². The van der Waals surface area contributed by atoms with Gasteiger partial charge in [-0.1, -0.05) is 140 Å². The molecular weight excluding hydrogens is 605 g/mol. The zero-order valence-corrected chi connectivity index (χ0v) is 27.2. The molecule has 0 spiro atoms. The standard InChI is InChI=1S/C48H30N2/c1-4-16-31(17-5-1)32-28-29-42-40(30-32)46-44-36-23-11-10-22-35(36)43-39-26-14-15-27-41(39)50(34-20-8-3-9-21-34)48(43)45(44)37-24-12-13-25-38(37)47(46)49(42)33-18-6-2-7-19-33/h1-30H. The van der Waals surface area contributed by atoms with E-state index in [4.69, 9.17) is 0 Å². The van der Waals surface area contributed by atoms with Gasteiger partial charge >= 0.3 is 0 Å². The summed E-state index contributed by atoms with van der Waals surface area (Å²) in [5, 5.41) is 12.8. The molecule has 50 heavy (non-hydrogen) atoms. The molecule has 11 rings (SSSR count). The molecule has 9 aromatic carbocycles. The summed E-state index contributed by atoms with van der Waals surface area (Å²) in [6, 6.07) is 66.6. The van der Waals surface area contributed by atoms with Crippen molar-refractivity contribution in [2.45, 2.75) is 0 Å². The van der Waals surface area contributed by atoms with E-state index in [1.165, 1.54) is 87.1 Å². The van der Waals surface area contributed by atoms with Crippen LogP contribution in [0.25, 0.3) is 98.4 Å². The Morgan fingerprint density at radius 3 is 1.38 bits per heavy atom. The zero-order chi connectivity index (χ0) is 32.8. The van der Waals surface area contributed by atoms with E-state index in [1.807, 2.05) is 0 Å². The molecule has 0 aliphatic carbocycles. The van der Waals surface area contributed by atoms with E-state index >= 15 is 0 Å². The third-order valence-electron chi connectivity index (χ3n) is 10.6. The average Bonchev–Trinajstić information content (AvgIpc) is 3.72. The van der Waals surface area contributed by atoms with Crippen LogP contribution in [0, 0.1) is 0 Å². The molecule has 0 aliphatic rings. The summed E-state index contributed by atoms with van der Waals surface area (Å²) in [6.07, 6.45) is 0. The summed E-state index contributed by atoms with van der Waals surface area (Å²) in [5.74, 6) is 0. The first kappa shape index (κ1) is 27.3. The van der Waals surface area contributed by atoms with Crippen molar-refractivity contribution in [1.82, 2.24) is 9.13 Å². The molecule has 0 fully saturated rings. The van der Waals surface area contributed by atoms with Crippen molar-refractivity contribution in [3.8, 4) is 22.5 Å². The van der Waals surface area contributed by atoms with Gasteiger partial charge in [0.25, 0.3) is 0 Å². The Morgan fingerprint density at radius 2 is 0.720 bits per heavy atom. The van der Waals surface area contributed by atoms with Crippen molar-refractivity contribution < 1.29 is 0 Å². The monoisotopic (exact) mass is 634 g/mol. The lowest BCUT2D eigenvalue weighted by molar-refractivity contribution is 1.19. The minimum Gasteiger partial charge on any atom is -0.309 e. The van der Waals surface area contributed by atoms with Crippen LogP contribution >= 0.6 is 0 Å². The summed E-state index contributed by atoms with van der Waals surface area (Å²) in [4.78, 5) is 0. The summed E-state index contributed by atoms with van der Waals surface area (Å²) < 4.78 is 5.00. The fraction of sp³-hybridized carbons (Fsp3) is 0. The lowest BCUT2D eigenvalue weighted by atomic mass is 9.89. The Balaban J connectivity index is 1.50. The number of hydrogen-bond donors (Lipinski definition) is 0. The average molecular weight is 635 g/mol. The Kier molecular flexibility index (Phi) is 5.70. The van der Waals surface area contributed by atoms with Gasteiger partial charge in [0.2, 0.25) is 0 Å². The highest BCUT2D eigenvalue weighted by Crippen LogP contribution is 2.50. The smallest absolute Gasteiger partial charge is 0.0632 e. The molecule has 2 aromatic heterocycles. The fourth-order valence-electron chi connectivity index (χ4n) is 8.65. The number of rotatable bonds is 3. The Bertz CT molecular complexity index is 3110. The first-order chi connectivity index (χ1) is 24.9. The van der Waals surface area contributed by atoms with E-state index in [1.54, 1.807) is 0 Å². The molecule has 0 unspecified atom stereocenters. The lowest BCUT2D eigenvalue weighted by Gasteiger charge is -2.17. The van der Waals surface area contributed by atoms with Gasteiger partial charge in [0.1, 0.15) is 0 Å². The summed E-state index contributed by atoms with van der Waals surface area (Å²) in [6.45, 7) is 0. The van der Waals surface area contributed by atoms with Crippen LogP contribution in [0.3, 0.4) is 0 Å². The summed E-state index contributed by atoms with van der Waals surface area (Å²) in [7, 11) is 0. The zero-order valence-electron chi connectivity index (χ0n) is 27.2. The second kappa shape index (κ2) is 10.4. The van der Waals surface area contributed by atoms with Crippen LogP contribution < -0.4 is 0 Å². The number of aromatic nitrogens is 2. The van der Waals surface area contributed by atoms with Gasteiger partial charge in [-0.15, -0.1) is 0 Å². The molecule has 0 N–H and O–H groups in total. The largest absolute Gasteiger partial charge is 0.309 e. The van der Waals surface area contributed by atoms with E-state index in [0.717, 1.165) is 11.4 Å². The van der Waals surface area contributed by atoms with Crippen LogP contribution in [0.15, 0.2) is 182 Å². The van der Waals surface area contributed by atoms with Gasteiger partial charge in [-0.05, 0) is 69.8 Å². The van der Waals surface area contributed by atoms with Crippen LogP contribution in [0.4, 0.5) is 0 Å². The Morgan fingerprint density at radius 1 is 0.260 bits per heavy atom. The van der Waals surface area contributed by atoms with Crippen molar-refractivity contribution in [1.29, 1.82) is 0 Å². The van der Waals surface area contributed by atoms with Crippen molar-refractivity contribution in [3.05, 3.63) is 182 Å². The van der Waals surface area contributed by atoms with Gasteiger partial charge in [-0.3, -0.25) is 0 Å². The first-order valence-corrected chi connectivity index (χ1v) is 17.3. The minimum atomic E-state index is 1.16. The molecule has 0 radical (unpaired) electrons. The Hall–Kier alpha value is -6.64. The molecule has 0 saturated heterocycles. The molecule has 2 nitrogen and oxygen atoms in total. The van der Waals surface area contributed by atoms with Crippen molar-refractivity contribution >= 4 is 75.9 Å². The number of benzene rings is 9. The molecule has 0 bridgehead atoms. The van der Waals surface area contributed by atoms with Gasteiger partial charge in [0.15, 0.2) is 0 Å². The van der Waals surface area contributed by atoms with Crippen LogP contribution in [0.2, 0.25) is 0 Å². The van der Waals surface area contributed by atoms with Crippen LogP contribution in [-0.4, -0.2) is 9.13 Å². The number of hydrogen-bond acceptors (Lipinski definition) is 0. The quantitative estimate of drug-likeness (QED) is 0.171. The second-order valence-electron chi connectivity index (χ2n) is 13.2. The maximum Gasteiger partial charge on any atom is 0.0632 e. The highest BCUT2D eigenvalue weighted by molar-refractivity contribution is 6.44. The molecule has 0 aliphatic heterocycles. The number of fused-ring (bicyclic) bond motifs is 15. The molecule has 0 atom stereocenters. The van der Waals surface area contributed by atoms with Crippen molar-refractivity contribution in [2.75, 3.05) is 0 Å². The van der Waals surface area contributed by atoms with Gasteiger partial charge in [0, 0.05) is 49.1 Å². The SMILES string of the molecule is c1ccc(-c2ccc3c(c2)c2c4c5ccccc5c5c6ccccc6n(-c6ccccc6)c5c4c4ccccc4c2n3-c2ccccc2)cc1. The first-order valence-electron chi connectivity index (χ1n) is 17.3. The maximum atomic E-state index is 2.50. The van der Waals surface area contributed by atoms with Crippen LogP contribution in [0.5, 0.6) is 0 Å². The highest BCUT2D eigenvalue weighted by atomic mass is 15.0. The normalized spacial score (nSPS) is 12.0. The van der Waals surface area contributed by atoms with Gasteiger partial charge in [0.05, 0.1) is 22.1 Å². The van der Waals surface area contributed by atoms with Crippen molar-refractivity contribution in [2.24, 2.45) is 0 Å². The number of para-hydroxylation sites is 3. The third kappa shape index (κ3) is 3.68. The molecule has 0 amide bonds. The number of nitrogens with zero attached hydrogens (tertiary/aromatic N) is 2. The van der Waals surface area contributed by atoms with E-state index in [-0.39, 0.29) is 0 Å². The molecular formula is C48H30N2. The molecule has 11 aromatic rings. The fourth-order valence-corrected chi connectivity index (χ4v) is 8.65. The predicted molar refractivity (Wildman–Crippen MR) is 213 cm³/mol.